The number of H-pyrrole nitrogens is 1. The first-order valence-corrected chi connectivity index (χ1v) is 11.0. The van der Waals surface area contributed by atoms with Gasteiger partial charge in [0.25, 0.3) is 0 Å². The molecule has 1 amide bonds. The molecule has 0 bridgehead atoms. The van der Waals surface area contributed by atoms with E-state index in [4.69, 9.17) is 9.47 Å². The van der Waals surface area contributed by atoms with Crippen molar-refractivity contribution < 1.29 is 14.3 Å². The average Bonchev–Trinajstić information content (AvgIpc) is 3.45. The summed E-state index contributed by atoms with van der Waals surface area (Å²) in [6.45, 7) is 9.74. The Labute approximate surface area is 182 Å². The topological polar surface area (TPSA) is 67.5 Å². The van der Waals surface area contributed by atoms with E-state index in [-0.39, 0.29) is 12.1 Å². The van der Waals surface area contributed by atoms with Crippen LogP contribution in [0.25, 0.3) is 22.2 Å². The molecule has 2 aliphatic rings. The van der Waals surface area contributed by atoms with Gasteiger partial charge in [-0.2, -0.15) is 0 Å². The molecule has 2 aliphatic heterocycles. The number of hydrogen-bond acceptors (Lipinski definition) is 4. The third-order valence-corrected chi connectivity index (χ3v) is 6.19. The number of aryl methyl sites for hydroxylation is 1. The first kappa shape index (κ1) is 20.1. The molecule has 4 heterocycles. The number of aromatic nitrogens is 2. The Morgan fingerprint density at radius 2 is 2.06 bits per heavy atom. The summed E-state index contributed by atoms with van der Waals surface area (Å²) in [5.41, 5.74) is 7.37. The molecular formula is C25H29N3O3. The number of benzene rings is 1. The molecule has 1 fully saturated rings. The number of hydrogen-bond donors (Lipinski definition) is 1. The van der Waals surface area contributed by atoms with E-state index in [0.717, 1.165) is 41.5 Å². The monoisotopic (exact) mass is 419 g/mol. The summed E-state index contributed by atoms with van der Waals surface area (Å²) in [6.07, 6.45) is 5.57. The number of fused-ring (bicyclic) bond motifs is 2. The molecule has 31 heavy (non-hydrogen) atoms. The predicted octanol–water partition coefficient (Wildman–Crippen LogP) is 5.64. The lowest BCUT2D eigenvalue weighted by molar-refractivity contribution is 0.0223. The van der Waals surface area contributed by atoms with Gasteiger partial charge in [0.05, 0.1) is 19.3 Å². The number of rotatable bonds is 2. The predicted molar refractivity (Wildman–Crippen MR) is 120 cm³/mol. The maximum atomic E-state index is 12.9. The Kier molecular flexibility index (Phi) is 4.77. The molecule has 0 spiro atoms. The third-order valence-electron chi connectivity index (χ3n) is 6.19. The van der Waals surface area contributed by atoms with E-state index < -0.39 is 5.60 Å². The maximum absolute atomic E-state index is 12.9. The molecule has 0 aliphatic carbocycles. The fourth-order valence-electron chi connectivity index (χ4n) is 4.71. The maximum Gasteiger partial charge on any atom is 0.410 e. The Morgan fingerprint density at radius 3 is 2.87 bits per heavy atom. The summed E-state index contributed by atoms with van der Waals surface area (Å²) in [5.74, 6) is 0. The first-order chi connectivity index (χ1) is 14.8. The lowest BCUT2D eigenvalue weighted by atomic mass is 9.91. The average molecular weight is 420 g/mol. The Bertz CT molecular complexity index is 1160. The number of pyridine rings is 1. The van der Waals surface area contributed by atoms with Gasteiger partial charge in [0.15, 0.2) is 0 Å². The summed E-state index contributed by atoms with van der Waals surface area (Å²) in [6, 6.07) is 6.64. The highest BCUT2D eigenvalue weighted by molar-refractivity contribution is 5.84. The fraction of sp³-hybridized carbons (Fsp3) is 0.440. The summed E-state index contributed by atoms with van der Waals surface area (Å²) < 4.78 is 11.5. The van der Waals surface area contributed by atoms with Crippen molar-refractivity contribution >= 4 is 17.1 Å². The molecule has 162 valence electrons. The number of aromatic amines is 1. The summed E-state index contributed by atoms with van der Waals surface area (Å²) >= 11 is 0. The Hall–Kier alpha value is -2.86. The number of amides is 1. The van der Waals surface area contributed by atoms with Gasteiger partial charge in [-0.3, -0.25) is 0 Å². The highest BCUT2D eigenvalue weighted by Gasteiger charge is 2.35. The molecule has 0 saturated carbocycles. The lowest BCUT2D eigenvalue weighted by Gasteiger charge is -2.30. The highest BCUT2D eigenvalue weighted by atomic mass is 16.6. The third kappa shape index (κ3) is 3.69. The quantitative estimate of drug-likeness (QED) is 0.584. The van der Waals surface area contributed by atoms with Crippen LogP contribution in [-0.2, 0) is 22.7 Å². The molecular weight excluding hydrogens is 390 g/mol. The standard InChI is InChI=1S/C25H29N3O3/c1-15-11-26-23-19(15)10-17(12-27-23)16-8-18-13-30-14-21(18)20(9-16)22-6-5-7-28(22)24(29)31-25(2,3)4/h8-12,22H,5-7,13-14H2,1-4H3,(H,26,27)/t22-/m0/s1. The van der Waals surface area contributed by atoms with Gasteiger partial charge in [0.1, 0.15) is 11.2 Å². The minimum Gasteiger partial charge on any atom is -0.444 e. The van der Waals surface area contributed by atoms with Crippen LogP contribution in [-0.4, -0.2) is 33.1 Å². The van der Waals surface area contributed by atoms with Gasteiger partial charge in [-0.25, -0.2) is 9.78 Å². The largest absolute Gasteiger partial charge is 0.444 e. The van der Waals surface area contributed by atoms with Crippen molar-refractivity contribution in [3.05, 3.63) is 52.8 Å². The SMILES string of the molecule is Cc1c[nH]c2ncc(-c3cc4c(c([C@@H]5CCCN5C(=O)OC(C)(C)C)c3)COC4)cc12. The number of carbonyl (C=O) groups excluding carboxylic acids is 1. The number of likely N-dealkylation sites (tertiary alicyclic amines) is 1. The Balaban J connectivity index is 1.56. The lowest BCUT2D eigenvalue weighted by Crippen LogP contribution is -2.36. The van der Waals surface area contributed by atoms with Crippen LogP contribution in [0, 0.1) is 6.92 Å². The van der Waals surface area contributed by atoms with E-state index in [2.05, 4.69) is 35.1 Å². The number of carbonyl (C=O) groups is 1. The second kappa shape index (κ2) is 7.38. The molecule has 1 saturated heterocycles. The summed E-state index contributed by atoms with van der Waals surface area (Å²) in [4.78, 5) is 22.6. The van der Waals surface area contributed by atoms with E-state index in [9.17, 15) is 4.79 Å². The second-order valence-electron chi connectivity index (χ2n) is 9.62. The van der Waals surface area contributed by atoms with Crippen molar-refractivity contribution in [3.8, 4) is 11.1 Å². The zero-order valence-corrected chi connectivity index (χ0v) is 18.6. The van der Waals surface area contributed by atoms with E-state index >= 15 is 0 Å². The summed E-state index contributed by atoms with van der Waals surface area (Å²) in [5, 5.41) is 1.13. The highest BCUT2D eigenvalue weighted by Crippen LogP contribution is 2.40. The van der Waals surface area contributed by atoms with E-state index in [1.54, 1.807) is 0 Å². The van der Waals surface area contributed by atoms with Crippen molar-refractivity contribution in [2.75, 3.05) is 6.54 Å². The molecule has 1 aromatic carbocycles. The van der Waals surface area contributed by atoms with Crippen LogP contribution in [0.2, 0.25) is 0 Å². The van der Waals surface area contributed by atoms with Gasteiger partial charge >= 0.3 is 6.09 Å². The van der Waals surface area contributed by atoms with Crippen molar-refractivity contribution in [1.29, 1.82) is 0 Å². The zero-order valence-electron chi connectivity index (χ0n) is 18.6. The molecule has 1 atom stereocenters. The van der Waals surface area contributed by atoms with E-state index in [0.29, 0.717) is 13.2 Å². The van der Waals surface area contributed by atoms with Crippen LogP contribution in [0.15, 0.2) is 30.6 Å². The molecule has 0 unspecified atom stereocenters. The summed E-state index contributed by atoms with van der Waals surface area (Å²) in [7, 11) is 0. The van der Waals surface area contributed by atoms with E-state index in [1.807, 2.05) is 38.1 Å². The zero-order chi connectivity index (χ0) is 21.8. The van der Waals surface area contributed by atoms with Gasteiger partial charge in [-0.1, -0.05) is 0 Å². The van der Waals surface area contributed by atoms with Gasteiger partial charge in [0.2, 0.25) is 0 Å². The second-order valence-corrected chi connectivity index (χ2v) is 9.62. The van der Waals surface area contributed by atoms with Gasteiger partial charge in [0, 0.05) is 29.9 Å². The molecule has 3 aromatic rings. The van der Waals surface area contributed by atoms with Crippen LogP contribution in [0.3, 0.4) is 0 Å². The molecule has 2 aromatic heterocycles. The van der Waals surface area contributed by atoms with Gasteiger partial charge in [-0.15, -0.1) is 0 Å². The molecule has 6 nitrogen and oxygen atoms in total. The molecule has 5 rings (SSSR count). The minimum atomic E-state index is -0.507. The van der Waals surface area contributed by atoms with Crippen LogP contribution in [0.4, 0.5) is 4.79 Å². The molecule has 0 radical (unpaired) electrons. The Morgan fingerprint density at radius 1 is 1.23 bits per heavy atom. The number of ether oxygens (including phenoxy) is 2. The fourth-order valence-corrected chi connectivity index (χ4v) is 4.71. The van der Waals surface area contributed by atoms with Crippen LogP contribution < -0.4 is 0 Å². The van der Waals surface area contributed by atoms with Crippen molar-refractivity contribution in [2.45, 2.75) is 65.4 Å². The minimum absolute atomic E-state index is 0.0101. The van der Waals surface area contributed by atoms with Gasteiger partial charge < -0.3 is 19.4 Å². The number of nitrogens with one attached hydrogen (secondary N) is 1. The molecule has 1 N–H and O–H groups in total. The normalized spacial score (nSPS) is 18.6. The first-order valence-electron chi connectivity index (χ1n) is 11.0. The van der Waals surface area contributed by atoms with Crippen LogP contribution in [0.1, 0.15) is 61.9 Å². The van der Waals surface area contributed by atoms with Crippen molar-refractivity contribution in [2.24, 2.45) is 0 Å². The van der Waals surface area contributed by atoms with Gasteiger partial charge in [-0.05, 0) is 86.6 Å². The van der Waals surface area contributed by atoms with Crippen molar-refractivity contribution in [3.63, 3.8) is 0 Å². The molecule has 6 heteroatoms. The van der Waals surface area contributed by atoms with Crippen molar-refractivity contribution in [1.82, 2.24) is 14.9 Å². The number of nitrogens with zero attached hydrogens (tertiary/aromatic N) is 2. The van der Waals surface area contributed by atoms with E-state index in [1.165, 1.54) is 22.3 Å². The van der Waals surface area contributed by atoms with Crippen LogP contribution >= 0.6 is 0 Å². The van der Waals surface area contributed by atoms with Crippen LogP contribution in [0.5, 0.6) is 0 Å². The smallest absolute Gasteiger partial charge is 0.410 e.